The van der Waals surface area contributed by atoms with Gasteiger partial charge in [-0.1, -0.05) is 0 Å². The van der Waals surface area contributed by atoms with Gasteiger partial charge in [0, 0.05) is 24.8 Å². The number of rotatable bonds is 4. The van der Waals surface area contributed by atoms with Crippen molar-refractivity contribution in [2.24, 2.45) is 5.92 Å². The number of thioether (sulfide) groups is 1. The van der Waals surface area contributed by atoms with Gasteiger partial charge in [-0.3, -0.25) is 0 Å². The second-order valence-corrected chi connectivity index (χ2v) is 6.99. The van der Waals surface area contributed by atoms with Gasteiger partial charge in [-0.25, -0.2) is 0 Å². The van der Waals surface area contributed by atoms with Gasteiger partial charge in [0.05, 0.1) is 18.8 Å². The van der Waals surface area contributed by atoms with Crippen molar-refractivity contribution in [3.8, 4) is 0 Å². The molecule has 0 aliphatic carbocycles. The molecule has 19 heavy (non-hydrogen) atoms. The summed E-state index contributed by atoms with van der Waals surface area (Å²) in [6.07, 6.45) is 4.53. The van der Waals surface area contributed by atoms with E-state index in [4.69, 9.17) is 14.2 Å². The third-order valence-corrected chi connectivity index (χ3v) is 5.90. The lowest BCUT2D eigenvalue weighted by molar-refractivity contribution is -0.0971. The maximum absolute atomic E-state index is 6.11. The standard InChI is InChI=1S/C14H25NO3S/c1-15-12(8-13-16-5-6-17-13)11-2-4-18-14(9-11)3-7-19-10-14/h11-13,15H,2-10H2,1H3. The molecule has 0 aromatic carbocycles. The molecule has 5 heteroatoms. The maximum Gasteiger partial charge on any atom is 0.159 e. The molecule has 1 spiro atoms. The first-order chi connectivity index (χ1) is 9.31. The van der Waals surface area contributed by atoms with Crippen LogP contribution >= 0.6 is 11.8 Å². The van der Waals surface area contributed by atoms with Crippen molar-refractivity contribution in [3.63, 3.8) is 0 Å². The molecule has 110 valence electrons. The van der Waals surface area contributed by atoms with Crippen LogP contribution in [0.25, 0.3) is 0 Å². The van der Waals surface area contributed by atoms with Crippen molar-refractivity contribution < 1.29 is 14.2 Å². The minimum atomic E-state index is -0.00537. The van der Waals surface area contributed by atoms with Gasteiger partial charge in [0.25, 0.3) is 0 Å². The fraction of sp³-hybridized carbons (Fsp3) is 1.00. The molecule has 0 radical (unpaired) electrons. The first-order valence-corrected chi connectivity index (χ1v) is 8.59. The first kappa shape index (κ1) is 14.1. The highest BCUT2D eigenvalue weighted by Crippen LogP contribution is 2.41. The molecule has 0 aromatic heterocycles. The van der Waals surface area contributed by atoms with E-state index < -0.39 is 0 Å². The molecule has 3 aliphatic heterocycles. The van der Waals surface area contributed by atoms with Gasteiger partial charge >= 0.3 is 0 Å². The Labute approximate surface area is 119 Å². The third-order valence-electron chi connectivity index (χ3n) is 4.68. The zero-order chi connectivity index (χ0) is 13.1. The summed E-state index contributed by atoms with van der Waals surface area (Å²) in [4.78, 5) is 0. The zero-order valence-corrected chi connectivity index (χ0v) is 12.5. The van der Waals surface area contributed by atoms with E-state index in [-0.39, 0.29) is 11.9 Å². The summed E-state index contributed by atoms with van der Waals surface area (Å²) in [5.74, 6) is 3.12. The van der Waals surface area contributed by atoms with Crippen molar-refractivity contribution >= 4 is 11.8 Å². The van der Waals surface area contributed by atoms with E-state index in [1.54, 1.807) is 0 Å². The topological polar surface area (TPSA) is 39.7 Å². The molecule has 3 fully saturated rings. The molecule has 0 bridgehead atoms. The van der Waals surface area contributed by atoms with Gasteiger partial charge < -0.3 is 19.5 Å². The molecule has 0 saturated carbocycles. The lowest BCUT2D eigenvalue weighted by atomic mass is 9.80. The summed E-state index contributed by atoms with van der Waals surface area (Å²) in [6.45, 7) is 2.40. The molecule has 3 unspecified atom stereocenters. The molecule has 3 aliphatic rings. The van der Waals surface area contributed by atoms with Crippen LogP contribution in [0.15, 0.2) is 0 Å². The average molecular weight is 287 g/mol. The SMILES string of the molecule is CNC(CC1OCCO1)C1CCOC2(CCSC2)C1. The summed E-state index contributed by atoms with van der Waals surface area (Å²) in [5.41, 5.74) is 0.167. The molecule has 4 nitrogen and oxygen atoms in total. The van der Waals surface area contributed by atoms with Crippen LogP contribution in [-0.2, 0) is 14.2 Å². The van der Waals surface area contributed by atoms with Crippen LogP contribution in [0.2, 0.25) is 0 Å². The van der Waals surface area contributed by atoms with E-state index in [1.165, 1.54) is 24.3 Å². The Bertz CT molecular complexity index is 290. The molecular formula is C14H25NO3S. The second-order valence-electron chi connectivity index (χ2n) is 5.89. The summed E-state index contributed by atoms with van der Waals surface area (Å²) in [6, 6.07) is 0.481. The van der Waals surface area contributed by atoms with E-state index in [9.17, 15) is 0 Å². The minimum absolute atomic E-state index is 0.00537. The van der Waals surface area contributed by atoms with Gasteiger partial charge in [-0.15, -0.1) is 0 Å². The van der Waals surface area contributed by atoms with Crippen molar-refractivity contribution in [1.29, 1.82) is 0 Å². The Kier molecular flexibility index (Phi) is 4.70. The van der Waals surface area contributed by atoms with E-state index in [0.717, 1.165) is 32.7 Å². The molecular weight excluding hydrogens is 262 g/mol. The lowest BCUT2D eigenvalue weighted by Crippen LogP contribution is -2.47. The molecule has 0 amide bonds. The fourth-order valence-corrected chi connectivity index (χ4v) is 4.95. The quantitative estimate of drug-likeness (QED) is 0.851. The second kappa shape index (κ2) is 6.31. The largest absolute Gasteiger partial charge is 0.374 e. The Morgan fingerprint density at radius 1 is 1.32 bits per heavy atom. The summed E-state index contributed by atoms with van der Waals surface area (Å²) >= 11 is 2.04. The molecule has 0 aromatic rings. The fourth-order valence-electron chi connectivity index (χ4n) is 3.57. The number of nitrogens with one attached hydrogen (secondary N) is 1. The molecule has 3 heterocycles. The van der Waals surface area contributed by atoms with Gasteiger partial charge in [0.1, 0.15) is 0 Å². The van der Waals surface area contributed by atoms with Crippen molar-refractivity contribution in [1.82, 2.24) is 5.32 Å². The number of ether oxygens (including phenoxy) is 3. The highest BCUT2D eigenvalue weighted by atomic mass is 32.2. The Hall–Kier alpha value is 0.190. The maximum atomic E-state index is 6.11. The summed E-state index contributed by atoms with van der Waals surface area (Å²) in [5, 5.41) is 3.48. The molecule has 1 N–H and O–H groups in total. The first-order valence-electron chi connectivity index (χ1n) is 7.43. The summed E-state index contributed by atoms with van der Waals surface area (Å²) in [7, 11) is 2.06. The van der Waals surface area contributed by atoms with Crippen LogP contribution in [0, 0.1) is 5.92 Å². The van der Waals surface area contributed by atoms with Gasteiger partial charge in [0.2, 0.25) is 0 Å². The van der Waals surface area contributed by atoms with Crippen molar-refractivity contribution in [2.45, 2.75) is 43.6 Å². The van der Waals surface area contributed by atoms with Crippen LogP contribution in [0.1, 0.15) is 25.7 Å². The highest BCUT2D eigenvalue weighted by Gasteiger charge is 2.42. The zero-order valence-electron chi connectivity index (χ0n) is 11.7. The Morgan fingerprint density at radius 3 is 2.84 bits per heavy atom. The summed E-state index contributed by atoms with van der Waals surface area (Å²) < 4.78 is 17.3. The Balaban J connectivity index is 1.58. The normalized spacial score (nSPS) is 38.1. The number of hydrogen-bond donors (Lipinski definition) is 1. The van der Waals surface area contributed by atoms with Crippen molar-refractivity contribution in [3.05, 3.63) is 0 Å². The predicted molar refractivity (Wildman–Crippen MR) is 76.5 cm³/mol. The van der Waals surface area contributed by atoms with E-state index in [2.05, 4.69) is 12.4 Å². The molecule has 3 saturated heterocycles. The van der Waals surface area contributed by atoms with Crippen LogP contribution < -0.4 is 5.32 Å². The highest BCUT2D eigenvalue weighted by molar-refractivity contribution is 7.99. The van der Waals surface area contributed by atoms with E-state index >= 15 is 0 Å². The van der Waals surface area contributed by atoms with Crippen LogP contribution in [0.3, 0.4) is 0 Å². The van der Waals surface area contributed by atoms with Crippen molar-refractivity contribution in [2.75, 3.05) is 38.4 Å². The van der Waals surface area contributed by atoms with Gasteiger partial charge in [0.15, 0.2) is 6.29 Å². The lowest BCUT2D eigenvalue weighted by Gasteiger charge is -2.41. The third kappa shape index (κ3) is 3.27. The van der Waals surface area contributed by atoms with E-state index in [0.29, 0.717) is 12.0 Å². The monoisotopic (exact) mass is 287 g/mol. The minimum Gasteiger partial charge on any atom is -0.374 e. The Morgan fingerprint density at radius 2 is 2.16 bits per heavy atom. The van der Waals surface area contributed by atoms with Crippen LogP contribution in [-0.4, -0.2) is 56.3 Å². The van der Waals surface area contributed by atoms with Crippen LogP contribution in [0.5, 0.6) is 0 Å². The molecule has 3 rings (SSSR count). The predicted octanol–water partition coefficient (Wildman–Crippen LogP) is 1.64. The smallest absolute Gasteiger partial charge is 0.159 e. The van der Waals surface area contributed by atoms with Gasteiger partial charge in [-0.2, -0.15) is 11.8 Å². The number of hydrogen-bond acceptors (Lipinski definition) is 5. The average Bonchev–Trinajstić information content (AvgIpc) is 3.08. The molecule has 3 atom stereocenters. The van der Waals surface area contributed by atoms with Crippen LogP contribution in [0.4, 0.5) is 0 Å². The van der Waals surface area contributed by atoms with Gasteiger partial charge in [-0.05, 0) is 38.0 Å². The van der Waals surface area contributed by atoms with E-state index in [1.807, 2.05) is 11.8 Å².